The van der Waals surface area contributed by atoms with Crippen molar-refractivity contribution in [1.82, 2.24) is 9.80 Å². The second kappa shape index (κ2) is 6.44. The Kier molecular flexibility index (Phi) is 5.08. The molecular formula is C16H30N2O2. The normalized spacial score (nSPS) is 24.1. The maximum Gasteiger partial charge on any atom is 0.227 e. The highest BCUT2D eigenvalue weighted by molar-refractivity contribution is 5.81. The molecule has 2 rings (SSSR count). The molecule has 2 aliphatic rings. The summed E-state index contributed by atoms with van der Waals surface area (Å²) in [5.41, 5.74) is -0.262. The van der Waals surface area contributed by atoms with Gasteiger partial charge in [0.2, 0.25) is 5.91 Å². The van der Waals surface area contributed by atoms with Crippen LogP contribution in [0.1, 0.15) is 46.5 Å². The van der Waals surface area contributed by atoms with Crippen molar-refractivity contribution in [3.63, 3.8) is 0 Å². The molecule has 2 fully saturated rings. The summed E-state index contributed by atoms with van der Waals surface area (Å²) in [5.74, 6) is 0.273. The molecule has 2 aliphatic heterocycles. The molecule has 0 bridgehead atoms. The van der Waals surface area contributed by atoms with Crippen LogP contribution in [0.4, 0.5) is 0 Å². The fourth-order valence-corrected chi connectivity index (χ4v) is 3.06. The molecule has 116 valence electrons. The quantitative estimate of drug-likeness (QED) is 0.778. The average Bonchev–Trinajstić information content (AvgIpc) is 2.40. The second-order valence-corrected chi connectivity index (χ2v) is 7.38. The molecule has 2 saturated heterocycles. The summed E-state index contributed by atoms with van der Waals surface area (Å²) in [7, 11) is 2.17. The molecule has 0 spiro atoms. The van der Waals surface area contributed by atoms with Crippen LogP contribution in [0.2, 0.25) is 0 Å². The molecule has 0 aliphatic carbocycles. The van der Waals surface area contributed by atoms with E-state index >= 15 is 0 Å². The van der Waals surface area contributed by atoms with Gasteiger partial charge >= 0.3 is 0 Å². The highest BCUT2D eigenvalue weighted by Gasteiger charge is 2.31. The number of nitrogens with zero attached hydrogens (tertiary/aromatic N) is 2. The Bertz CT molecular complexity index is 322. The van der Waals surface area contributed by atoms with Gasteiger partial charge in [0.1, 0.15) is 0 Å². The van der Waals surface area contributed by atoms with Gasteiger partial charge in [0.25, 0.3) is 0 Å². The Morgan fingerprint density at radius 3 is 1.85 bits per heavy atom. The zero-order valence-corrected chi connectivity index (χ0v) is 13.5. The summed E-state index contributed by atoms with van der Waals surface area (Å²) in [5, 5.41) is 0. The van der Waals surface area contributed by atoms with E-state index < -0.39 is 0 Å². The highest BCUT2D eigenvalue weighted by Crippen LogP contribution is 2.24. The van der Waals surface area contributed by atoms with Crippen LogP contribution in [0.3, 0.4) is 0 Å². The molecule has 0 aromatic carbocycles. The van der Waals surface area contributed by atoms with Crippen molar-refractivity contribution >= 4 is 5.91 Å². The summed E-state index contributed by atoms with van der Waals surface area (Å²) in [6, 6.07) is 0. The molecule has 0 aromatic rings. The maximum atomic E-state index is 12.2. The number of hydrogen-bond donors (Lipinski definition) is 0. The van der Waals surface area contributed by atoms with Gasteiger partial charge in [-0.05, 0) is 32.7 Å². The SMILES string of the molecule is CN1CCC(OC2CCN(C(=O)C(C)(C)C)CC2)CC1. The van der Waals surface area contributed by atoms with Gasteiger partial charge in [0, 0.05) is 31.6 Å². The Morgan fingerprint density at radius 1 is 0.950 bits per heavy atom. The number of amides is 1. The molecule has 4 heteroatoms. The van der Waals surface area contributed by atoms with E-state index in [9.17, 15) is 4.79 Å². The Morgan fingerprint density at radius 2 is 1.40 bits per heavy atom. The molecule has 0 N–H and O–H groups in total. The fraction of sp³-hybridized carbons (Fsp3) is 0.938. The molecule has 0 saturated carbocycles. The largest absolute Gasteiger partial charge is 0.375 e. The van der Waals surface area contributed by atoms with Crippen molar-refractivity contribution in [1.29, 1.82) is 0 Å². The summed E-state index contributed by atoms with van der Waals surface area (Å²) in [6.07, 6.45) is 5.07. The lowest BCUT2D eigenvalue weighted by molar-refractivity contribution is -0.143. The van der Waals surface area contributed by atoms with Crippen LogP contribution in [0.25, 0.3) is 0 Å². The number of rotatable bonds is 2. The molecule has 0 aromatic heterocycles. The summed E-state index contributed by atoms with van der Waals surface area (Å²) < 4.78 is 6.23. The number of likely N-dealkylation sites (tertiary alicyclic amines) is 2. The Hall–Kier alpha value is -0.610. The van der Waals surface area contributed by atoms with E-state index in [-0.39, 0.29) is 11.3 Å². The van der Waals surface area contributed by atoms with Gasteiger partial charge < -0.3 is 14.5 Å². The summed E-state index contributed by atoms with van der Waals surface area (Å²) in [4.78, 5) is 16.6. The van der Waals surface area contributed by atoms with E-state index in [0.29, 0.717) is 12.2 Å². The van der Waals surface area contributed by atoms with Crippen LogP contribution in [-0.2, 0) is 9.53 Å². The molecule has 1 amide bonds. The van der Waals surface area contributed by atoms with Crippen LogP contribution in [0.5, 0.6) is 0 Å². The van der Waals surface area contributed by atoms with Crippen molar-refractivity contribution in [3.8, 4) is 0 Å². The zero-order chi connectivity index (χ0) is 14.8. The number of piperidine rings is 2. The first-order valence-corrected chi connectivity index (χ1v) is 7.99. The van der Waals surface area contributed by atoms with Crippen molar-refractivity contribution < 1.29 is 9.53 Å². The number of hydrogen-bond acceptors (Lipinski definition) is 3. The molecule has 2 heterocycles. The maximum absolute atomic E-state index is 12.2. The molecular weight excluding hydrogens is 252 g/mol. The summed E-state index contributed by atoms with van der Waals surface area (Å²) >= 11 is 0. The third-order valence-electron chi connectivity index (χ3n) is 4.42. The first kappa shape index (κ1) is 15.8. The minimum absolute atomic E-state index is 0.262. The van der Waals surface area contributed by atoms with Gasteiger partial charge in [-0.25, -0.2) is 0 Å². The van der Waals surface area contributed by atoms with Gasteiger partial charge in [0.05, 0.1) is 12.2 Å². The van der Waals surface area contributed by atoms with E-state index in [1.165, 1.54) is 0 Å². The van der Waals surface area contributed by atoms with Gasteiger partial charge in [0.15, 0.2) is 0 Å². The molecule has 20 heavy (non-hydrogen) atoms. The third-order valence-corrected chi connectivity index (χ3v) is 4.42. The predicted molar refractivity (Wildman–Crippen MR) is 80.7 cm³/mol. The first-order chi connectivity index (χ1) is 9.36. The second-order valence-electron chi connectivity index (χ2n) is 7.38. The monoisotopic (exact) mass is 282 g/mol. The smallest absolute Gasteiger partial charge is 0.227 e. The van der Waals surface area contributed by atoms with Crippen molar-refractivity contribution in [3.05, 3.63) is 0 Å². The van der Waals surface area contributed by atoms with Crippen LogP contribution in [0, 0.1) is 5.41 Å². The zero-order valence-electron chi connectivity index (χ0n) is 13.5. The lowest BCUT2D eigenvalue weighted by Gasteiger charge is -2.38. The van der Waals surface area contributed by atoms with Gasteiger partial charge in [-0.1, -0.05) is 20.8 Å². The van der Waals surface area contributed by atoms with Crippen LogP contribution in [-0.4, -0.2) is 61.1 Å². The number of carbonyl (C=O) groups is 1. The fourth-order valence-electron chi connectivity index (χ4n) is 3.06. The number of ether oxygens (including phenoxy) is 1. The van der Waals surface area contributed by atoms with Gasteiger partial charge in [-0.3, -0.25) is 4.79 Å². The first-order valence-electron chi connectivity index (χ1n) is 7.99. The number of carbonyl (C=O) groups excluding carboxylic acids is 1. The average molecular weight is 282 g/mol. The lowest BCUT2D eigenvalue weighted by Crippen LogP contribution is -2.46. The van der Waals surface area contributed by atoms with Gasteiger partial charge in [-0.2, -0.15) is 0 Å². The lowest BCUT2D eigenvalue weighted by atomic mass is 9.93. The standard InChI is InChI=1S/C16H30N2O2/c1-16(2,3)15(19)18-11-7-14(8-12-18)20-13-5-9-17(4)10-6-13/h13-14H,5-12H2,1-4H3. The van der Waals surface area contributed by atoms with Crippen molar-refractivity contribution in [2.75, 3.05) is 33.2 Å². The van der Waals surface area contributed by atoms with Crippen LogP contribution < -0.4 is 0 Å². The molecule has 0 radical (unpaired) electrons. The van der Waals surface area contributed by atoms with E-state index in [0.717, 1.165) is 51.9 Å². The molecule has 0 atom stereocenters. The Labute approximate surface area is 123 Å². The van der Waals surface area contributed by atoms with E-state index in [4.69, 9.17) is 4.74 Å². The Balaban J connectivity index is 1.73. The van der Waals surface area contributed by atoms with E-state index in [2.05, 4.69) is 11.9 Å². The van der Waals surface area contributed by atoms with Crippen molar-refractivity contribution in [2.45, 2.75) is 58.7 Å². The predicted octanol–water partition coefficient (Wildman–Crippen LogP) is 2.13. The van der Waals surface area contributed by atoms with Crippen LogP contribution >= 0.6 is 0 Å². The minimum Gasteiger partial charge on any atom is -0.375 e. The van der Waals surface area contributed by atoms with E-state index in [1.54, 1.807) is 0 Å². The van der Waals surface area contributed by atoms with Crippen molar-refractivity contribution in [2.24, 2.45) is 5.41 Å². The van der Waals surface area contributed by atoms with Gasteiger partial charge in [-0.15, -0.1) is 0 Å². The van der Waals surface area contributed by atoms with Crippen LogP contribution in [0.15, 0.2) is 0 Å². The molecule has 4 nitrogen and oxygen atoms in total. The third kappa shape index (κ3) is 4.19. The summed E-state index contributed by atoms with van der Waals surface area (Å²) in [6.45, 7) is 9.99. The highest BCUT2D eigenvalue weighted by atomic mass is 16.5. The van der Waals surface area contributed by atoms with E-state index in [1.807, 2.05) is 25.7 Å². The topological polar surface area (TPSA) is 32.8 Å². The molecule has 0 unspecified atom stereocenters. The minimum atomic E-state index is -0.262.